The largest absolute Gasteiger partial charge is 0.478 e. The number of aromatic carboxylic acids is 1. The predicted molar refractivity (Wildman–Crippen MR) is 153 cm³/mol. The zero-order chi connectivity index (χ0) is 30.0. The monoisotopic (exact) mass is 619 g/mol. The fourth-order valence-electron chi connectivity index (χ4n) is 4.08. The summed E-state index contributed by atoms with van der Waals surface area (Å²) < 4.78 is 0.563. The Labute approximate surface area is 242 Å². The minimum Gasteiger partial charge on any atom is -0.478 e. The van der Waals surface area contributed by atoms with Gasteiger partial charge in [-0.3, -0.25) is 14.4 Å². The number of carboxylic acids is 1. The van der Waals surface area contributed by atoms with E-state index in [9.17, 15) is 29.4 Å². The molecule has 11 heteroatoms. The van der Waals surface area contributed by atoms with Crippen molar-refractivity contribution in [2.75, 3.05) is 0 Å². The topological polar surface area (TPSA) is 165 Å². The van der Waals surface area contributed by atoms with Crippen LogP contribution < -0.4 is 16.0 Å². The lowest BCUT2D eigenvalue weighted by atomic mass is 9.96. The van der Waals surface area contributed by atoms with E-state index < -0.39 is 48.0 Å². The third kappa shape index (κ3) is 10.0. The second-order valence-electron chi connectivity index (χ2n) is 10.4. The molecule has 0 radical (unpaired) electrons. The predicted octanol–water partition coefficient (Wildman–Crippen LogP) is 2.92. The Bertz CT molecular complexity index is 1170. The Hall–Kier alpha value is -3.28. The van der Waals surface area contributed by atoms with Crippen LogP contribution in [0.3, 0.4) is 0 Å². The number of carbonyl (C=O) groups is 4. The molecular formula is C29H38BrN3O7. The van der Waals surface area contributed by atoms with Crippen molar-refractivity contribution < 1.29 is 34.5 Å². The number of amides is 3. The van der Waals surface area contributed by atoms with Crippen LogP contribution in [-0.4, -0.2) is 57.2 Å². The van der Waals surface area contributed by atoms with Crippen molar-refractivity contribution in [2.24, 2.45) is 11.8 Å². The number of rotatable bonds is 14. The van der Waals surface area contributed by atoms with E-state index in [1.807, 2.05) is 13.8 Å². The fourth-order valence-corrected chi connectivity index (χ4v) is 4.59. The maximum atomic E-state index is 12.8. The van der Waals surface area contributed by atoms with Gasteiger partial charge in [0.05, 0.1) is 24.1 Å². The highest BCUT2D eigenvalue weighted by molar-refractivity contribution is 9.10. The molecule has 40 heavy (non-hydrogen) atoms. The first-order valence-corrected chi connectivity index (χ1v) is 13.9. The van der Waals surface area contributed by atoms with Crippen molar-refractivity contribution in [1.29, 1.82) is 0 Å². The first kappa shape index (κ1) is 32.9. The van der Waals surface area contributed by atoms with Crippen LogP contribution in [0.15, 0.2) is 53.0 Å². The van der Waals surface area contributed by atoms with E-state index in [4.69, 9.17) is 5.11 Å². The first-order valence-electron chi connectivity index (χ1n) is 13.1. The van der Waals surface area contributed by atoms with E-state index in [1.165, 1.54) is 12.1 Å². The number of benzene rings is 2. The second kappa shape index (κ2) is 15.5. The molecule has 218 valence electrons. The summed E-state index contributed by atoms with van der Waals surface area (Å²) in [5.74, 6) is -2.93. The van der Waals surface area contributed by atoms with E-state index in [0.29, 0.717) is 22.0 Å². The zero-order valence-corrected chi connectivity index (χ0v) is 24.6. The lowest BCUT2D eigenvalue weighted by Crippen LogP contribution is -2.52. The summed E-state index contributed by atoms with van der Waals surface area (Å²) >= 11 is 3.32. The molecule has 3 amide bonds. The van der Waals surface area contributed by atoms with Crippen molar-refractivity contribution >= 4 is 39.6 Å². The third-order valence-electron chi connectivity index (χ3n) is 6.29. The summed E-state index contributed by atoms with van der Waals surface area (Å²) in [6.07, 6.45) is -2.74. The number of carboxylic acid groups (broad SMARTS) is 1. The molecule has 0 saturated heterocycles. The van der Waals surface area contributed by atoms with Crippen molar-refractivity contribution in [3.63, 3.8) is 0 Å². The van der Waals surface area contributed by atoms with Crippen LogP contribution >= 0.6 is 15.9 Å². The van der Waals surface area contributed by atoms with Gasteiger partial charge in [-0.05, 0) is 42.0 Å². The lowest BCUT2D eigenvalue weighted by Gasteiger charge is -2.28. The van der Waals surface area contributed by atoms with Crippen LogP contribution in [0, 0.1) is 11.8 Å². The van der Waals surface area contributed by atoms with E-state index in [-0.39, 0.29) is 30.4 Å². The van der Waals surface area contributed by atoms with Gasteiger partial charge in [-0.2, -0.15) is 0 Å². The van der Waals surface area contributed by atoms with E-state index >= 15 is 0 Å². The van der Waals surface area contributed by atoms with E-state index in [2.05, 4.69) is 31.9 Å². The number of aliphatic hydroxyl groups is 2. The number of carbonyl (C=O) groups excluding carboxylic acids is 3. The van der Waals surface area contributed by atoms with Crippen LogP contribution in [-0.2, 0) is 20.9 Å². The van der Waals surface area contributed by atoms with Crippen LogP contribution in [0.2, 0.25) is 0 Å². The van der Waals surface area contributed by atoms with Gasteiger partial charge < -0.3 is 31.3 Å². The minimum absolute atomic E-state index is 0.0716. The molecule has 0 heterocycles. The molecule has 0 aliphatic rings. The second-order valence-corrected chi connectivity index (χ2v) is 11.3. The molecule has 6 N–H and O–H groups in total. The molecule has 0 saturated carbocycles. The van der Waals surface area contributed by atoms with Gasteiger partial charge in [-0.25, -0.2) is 4.79 Å². The SMILES string of the molecule is CC(C)C[C@H](NC(=O)C(O)c1ccccc1Br)[C@H](O)CC(=O)N[C@H](C(=O)NCc1ccc(C(=O)O)cc1)C(C)C. The van der Waals surface area contributed by atoms with Crippen molar-refractivity contribution in [1.82, 2.24) is 16.0 Å². The summed E-state index contributed by atoms with van der Waals surface area (Å²) in [4.78, 5) is 49.5. The Morgan fingerprint density at radius 2 is 1.50 bits per heavy atom. The number of halogens is 1. The van der Waals surface area contributed by atoms with Crippen LogP contribution in [0.1, 0.15) is 68.1 Å². The molecule has 4 atom stereocenters. The van der Waals surface area contributed by atoms with Crippen molar-refractivity contribution in [2.45, 2.75) is 71.4 Å². The number of aliphatic hydroxyl groups excluding tert-OH is 2. The van der Waals surface area contributed by atoms with Gasteiger partial charge in [0, 0.05) is 16.6 Å². The van der Waals surface area contributed by atoms with E-state index in [1.54, 1.807) is 50.2 Å². The van der Waals surface area contributed by atoms with Gasteiger partial charge >= 0.3 is 5.97 Å². The minimum atomic E-state index is -1.47. The summed E-state index contributed by atoms with van der Waals surface area (Å²) in [7, 11) is 0. The molecule has 2 rings (SSSR count). The molecule has 0 bridgehead atoms. The number of nitrogens with one attached hydrogen (secondary N) is 3. The summed E-state index contributed by atoms with van der Waals surface area (Å²) in [5, 5.41) is 38.5. The van der Waals surface area contributed by atoms with Gasteiger partial charge in [0.2, 0.25) is 11.8 Å². The van der Waals surface area contributed by atoms with Crippen LogP contribution in [0.4, 0.5) is 0 Å². The average molecular weight is 621 g/mol. The van der Waals surface area contributed by atoms with Crippen LogP contribution in [0.5, 0.6) is 0 Å². The third-order valence-corrected chi connectivity index (χ3v) is 7.02. The Morgan fingerprint density at radius 3 is 2.05 bits per heavy atom. The Balaban J connectivity index is 2.00. The normalized spacial score (nSPS) is 14.2. The molecule has 0 aliphatic heterocycles. The lowest BCUT2D eigenvalue weighted by molar-refractivity contribution is -0.133. The summed E-state index contributed by atoms with van der Waals surface area (Å²) in [5.41, 5.74) is 1.20. The number of hydrogen-bond acceptors (Lipinski definition) is 6. The molecular weight excluding hydrogens is 582 g/mol. The Kier molecular flexibility index (Phi) is 12.8. The highest BCUT2D eigenvalue weighted by Crippen LogP contribution is 2.24. The maximum absolute atomic E-state index is 12.8. The average Bonchev–Trinajstić information content (AvgIpc) is 2.89. The molecule has 0 aliphatic carbocycles. The van der Waals surface area contributed by atoms with Gasteiger partial charge in [0.25, 0.3) is 5.91 Å². The van der Waals surface area contributed by atoms with Gasteiger partial charge in [-0.15, -0.1) is 0 Å². The highest BCUT2D eigenvalue weighted by atomic mass is 79.9. The molecule has 1 unspecified atom stereocenters. The first-order chi connectivity index (χ1) is 18.8. The zero-order valence-electron chi connectivity index (χ0n) is 23.1. The highest BCUT2D eigenvalue weighted by Gasteiger charge is 2.30. The molecule has 2 aromatic carbocycles. The van der Waals surface area contributed by atoms with Crippen molar-refractivity contribution in [3.8, 4) is 0 Å². The molecule has 0 fully saturated rings. The standard InChI is InChI=1S/C29H38BrN3O7/c1-16(2)13-22(32-28(38)26(36)20-7-5-6-8-21(20)30)23(34)14-24(35)33-25(17(3)4)27(37)31-15-18-9-11-19(12-10-18)29(39)40/h5-12,16-17,22-23,25-26,34,36H,13-15H2,1-4H3,(H,31,37)(H,32,38)(H,33,35)(H,39,40)/t22-,23+,25-,26?/m0/s1. The fraction of sp³-hybridized carbons (Fsp3) is 0.448. The summed E-state index contributed by atoms with van der Waals surface area (Å²) in [6, 6.07) is 11.1. The van der Waals surface area contributed by atoms with Gasteiger partial charge in [-0.1, -0.05) is 74.0 Å². The number of hydrogen-bond donors (Lipinski definition) is 6. The Morgan fingerprint density at radius 1 is 0.875 bits per heavy atom. The molecule has 0 aromatic heterocycles. The van der Waals surface area contributed by atoms with E-state index in [0.717, 1.165) is 0 Å². The maximum Gasteiger partial charge on any atom is 0.335 e. The quantitative estimate of drug-likeness (QED) is 0.189. The smallest absolute Gasteiger partial charge is 0.335 e. The summed E-state index contributed by atoms with van der Waals surface area (Å²) in [6.45, 7) is 7.50. The van der Waals surface area contributed by atoms with Gasteiger partial charge in [0.15, 0.2) is 6.10 Å². The van der Waals surface area contributed by atoms with Crippen LogP contribution in [0.25, 0.3) is 0 Å². The van der Waals surface area contributed by atoms with Gasteiger partial charge in [0.1, 0.15) is 6.04 Å². The molecule has 2 aromatic rings. The van der Waals surface area contributed by atoms with Crippen molar-refractivity contribution in [3.05, 3.63) is 69.7 Å². The molecule has 0 spiro atoms. The molecule has 10 nitrogen and oxygen atoms in total.